The quantitative estimate of drug-likeness (QED) is 0.253. The van der Waals surface area contributed by atoms with E-state index in [-0.39, 0.29) is 0 Å². The Balaban J connectivity index is 2.38. The molecule has 2 aromatic carbocycles. The predicted octanol–water partition coefficient (Wildman–Crippen LogP) is 6.95. The molecule has 1 N–H and O–H groups in total. The molecule has 0 fully saturated rings. The van der Waals surface area contributed by atoms with E-state index in [0.717, 1.165) is 46.4 Å². The van der Waals surface area contributed by atoms with E-state index < -0.39 is 0 Å². The maximum absolute atomic E-state index is 4.64. The first kappa shape index (κ1) is 25.6. The third kappa shape index (κ3) is 6.40. The fourth-order valence-electron chi connectivity index (χ4n) is 3.90. The zero-order chi connectivity index (χ0) is 23.8. The molecule has 0 aliphatic rings. The van der Waals surface area contributed by atoms with E-state index in [4.69, 9.17) is 0 Å². The number of hydrogen-bond donors (Lipinski definition) is 1. The van der Waals surface area contributed by atoms with Gasteiger partial charge < -0.3 is 5.32 Å². The molecule has 0 aliphatic carbocycles. The second-order valence-electron chi connectivity index (χ2n) is 8.35. The van der Waals surface area contributed by atoms with Crippen LogP contribution in [0.1, 0.15) is 55.0 Å². The van der Waals surface area contributed by atoms with Crippen molar-refractivity contribution in [2.24, 2.45) is 4.99 Å². The van der Waals surface area contributed by atoms with Crippen molar-refractivity contribution in [2.75, 3.05) is 7.05 Å². The lowest BCUT2D eigenvalue weighted by atomic mass is 9.94. The Labute approximate surface area is 197 Å². The summed E-state index contributed by atoms with van der Waals surface area (Å²) in [4.78, 5) is 4.64. The highest BCUT2D eigenvalue weighted by Crippen LogP contribution is 2.23. The Morgan fingerprint density at radius 2 is 1.72 bits per heavy atom. The van der Waals surface area contributed by atoms with Crippen molar-refractivity contribution in [3.8, 4) is 0 Å². The van der Waals surface area contributed by atoms with Crippen LogP contribution < -0.4 is 10.6 Å². The number of nitrogens with one attached hydrogen (secondary N) is 1. The molecule has 1 atom stereocenters. The molecule has 2 aromatic rings. The molecule has 2 rings (SSSR count). The molecule has 2 nitrogen and oxygen atoms in total. The fourth-order valence-corrected chi connectivity index (χ4v) is 4.42. The molecule has 168 valence electrons. The summed E-state index contributed by atoms with van der Waals surface area (Å²) in [5.74, 6) is 0. The van der Waals surface area contributed by atoms with Crippen molar-refractivity contribution in [2.45, 2.75) is 47.5 Å². The van der Waals surface area contributed by atoms with Crippen LogP contribution in [0.15, 0.2) is 77.5 Å². The number of aliphatic imine (C=N–C) groups is 1. The van der Waals surface area contributed by atoms with E-state index in [1.165, 1.54) is 27.8 Å². The smallest absolute Gasteiger partial charge is 0.0831 e. The lowest BCUT2D eigenvalue weighted by molar-refractivity contribution is 0.941. The molecule has 0 radical (unpaired) electrons. The monoisotopic (exact) mass is 444 g/mol. The van der Waals surface area contributed by atoms with E-state index >= 15 is 0 Å². The Morgan fingerprint density at radius 1 is 1.06 bits per heavy atom. The van der Waals surface area contributed by atoms with Crippen LogP contribution in [0.5, 0.6) is 0 Å². The zero-order valence-electron chi connectivity index (χ0n) is 20.5. The summed E-state index contributed by atoms with van der Waals surface area (Å²) in [7, 11) is 4.65. The van der Waals surface area contributed by atoms with Gasteiger partial charge in [-0.05, 0) is 86.7 Å². The van der Waals surface area contributed by atoms with Crippen LogP contribution in [0, 0.1) is 13.8 Å². The van der Waals surface area contributed by atoms with Gasteiger partial charge >= 0.3 is 0 Å². The molecule has 0 saturated carbocycles. The number of nitrogens with zero attached hydrogens (tertiary/aromatic N) is 1. The molecule has 0 bridgehead atoms. The minimum absolute atomic E-state index is 0.869. The molecule has 0 amide bonds. The van der Waals surface area contributed by atoms with Crippen LogP contribution in [0.4, 0.5) is 0 Å². The van der Waals surface area contributed by atoms with E-state index in [1.54, 1.807) is 0 Å². The summed E-state index contributed by atoms with van der Waals surface area (Å²) in [6, 6.07) is 12.8. The van der Waals surface area contributed by atoms with Gasteiger partial charge in [-0.2, -0.15) is 0 Å². The van der Waals surface area contributed by atoms with Gasteiger partial charge in [0.2, 0.25) is 0 Å². The van der Waals surface area contributed by atoms with Crippen molar-refractivity contribution in [3.63, 3.8) is 0 Å². The van der Waals surface area contributed by atoms with Gasteiger partial charge in [-0.15, -0.1) is 15.8 Å². The number of rotatable bonds is 9. The highest BCUT2D eigenvalue weighted by Gasteiger charge is 2.14. The Hall–Kier alpha value is -2.70. The minimum Gasteiger partial charge on any atom is -0.354 e. The summed E-state index contributed by atoms with van der Waals surface area (Å²) >= 11 is 0. The summed E-state index contributed by atoms with van der Waals surface area (Å²) in [6.45, 7) is 18.9. The maximum atomic E-state index is 4.64. The van der Waals surface area contributed by atoms with Crippen molar-refractivity contribution in [3.05, 3.63) is 100 Å². The van der Waals surface area contributed by atoms with Gasteiger partial charge in [0.15, 0.2) is 0 Å². The van der Waals surface area contributed by atoms with E-state index in [2.05, 4.69) is 109 Å². The van der Waals surface area contributed by atoms with Crippen molar-refractivity contribution in [1.82, 2.24) is 5.32 Å². The lowest BCUT2D eigenvalue weighted by Crippen LogP contribution is -2.22. The van der Waals surface area contributed by atoms with Crippen LogP contribution in [-0.2, 0) is 6.42 Å². The highest BCUT2D eigenvalue weighted by molar-refractivity contribution is 7.27. The Morgan fingerprint density at radius 3 is 2.31 bits per heavy atom. The summed E-state index contributed by atoms with van der Waals surface area (Å²) in [5.41, 5.74) is 11.3. The molecular weight excluding hydrogens is 407 g/mol. The Kier molecular flexibility index (Phi) is 9.42. The highest BCUT2D eigenvalue weighted by atomic mass is 31.0. The van der Waals surface area contributed by atoms with Gasteiger partial charge in [0.05, 0.1) is 11.4 Å². The predicted molar refractivity (Wildman–Crippen MR) is 148 cm³/mol. The first-order chi connectivity index (χ1) is 15.2. The van der Waals surface area contributed by atoms with Crippen LogP contribution in [-0.4, -0.2) is 12.8 Å². The number of aryl methyl sites for hydroxylation is 3. The van der Waals surface area contributed by atoms with E-state index in [9.17, 15) is 0 Å². The molecule has 0 saturated heterocycles. The molecular formula is C29H37N2P. The fraction of sp³-hybridized carbons (Fsp3) is 0.276. The zero-order valence-corrected chi connectivity index (χ0v) is 21.6. The molecule has 0 aromatic heterocycles. The molecule has 3 heteroatoms. The minimum atomic E-state index is 0.869. The SMILES string of the molecule is C=C(C)CCc1cccc(C)c1/C=C(\C)C(=NC)/C(=C\C)NC(=C)c1c(C)cccc1P. The van der Waals surface area contributed by atoms with Crippen molar-refractivity contribution < 1.29 is 0 Å². The van der Waals surface area contributed by atoms with Gasteiger partial charge in [-0.3, -0.25) is 4.99 Å². The van der Waals surface area contributed by atoms with Crippen LogP contribution >= 0.6 is 9.24 Å². The third-order valence-corrected chi connectivity index (χ3v) is 6.11. The normalized spacial score (nSPS) is 12.7. The van der Waals surface area contributed by atoms with Gasteiger partial charge in [0.1, 0.15) is 0 Å². The molecule has 0 heterocycles. The largest absolute Gasteiger partial charge is 0.354 e. The lowest BCUT2D eigenvalue weighted by Gasteiger charge is -2.19. The van der Waals surface area contributed by atoms with Crippen LogP contribution in [0.25, 0.3) is 11.8 Å². The van der Waals surface area contributed by atoms with E-state index in [0.29, 0.717) is 0 Å². The summed E-state index contributed by atoms with van der Waals surface area (Å²) in [5, 5.41) is 4.65. The maximum Gasteiger partial charge on any atom is 0.0831 e. The molecule has 0 aliphatic heterocycles. The summed E-state index contributed by atoms with van der Waals surface area (Å²) < 4.78 is 0. The van der Waals surface area contributed by atoms with Crippen molar-refractivity contribution in [1.29, 1.82) is 0 Å². The van der Waals surface area contributed by atoms with Gasteiger partial charge in [0.25, 0.3) is 0 Å². The van der Waals surface area contributed by atoms with Gasteiger partial charge in [-0.1, -0.05) is 54.6 Å². The van der Waals surface area contributed by atoms with Crippen molar-refractivity contribution >= 4 is 32.0 Å². The number of allylic oxidation sites excluding steroid dienone is 3. The first-order valence-electron chi connectivity index (χ1n) is 11.1. The first-order valence-corrected chi connectivity index (χ1v) is 11.6. The second-order valence-corrected chi connectivity index (χ2v) is 8.97. The number of benzene rings is 2. The van der Waals surface area contributed by atoms with Gasteiger partial charge in [-0.25, -0.2) is 0 Å². The number of hydrogen-bond acceptors (Lipinski definition) is 2. The van der Waals surface area contributed by atoms with Gasteiger partial charge in [0, 0.05) is 18.3 Å². The standard InChI is InChI=1S/C29H37N2P/c1-9-26(31-23(7)28-21(5)13-11-15-27(28)32)29(30-8)22(6)18-25-20(4)12-10-14-24(25)17-16-19(2)3/h9-15,18,31H,2,7,16-17,32H2,1,3-6,8H3/b22-18+,26-9+,30-29?. The molecule has 1 unspecified atom stereocenters. The molecule has 32 heavy (non-hydrogen) atoms. The molecule has 0 spiro atoms. The van der Waals surface area contributed by atoms with Crippen LogP contribution in [0.3, 0.4) is 0 Å². The average molecular weight is 445 g/mol. The second kappa shape index (κ2) is 11.8. The Bertz CT molecular complexity index is 1080. The van der Waals surface area contributed by atoms with E-state index in [1.807, 2.05) is 14.0 Å². The topological polar surface area (TPSA) is 24.4 Å². The third-order valence-electron chi connectivity index (χ3n) is 5.63. The summed E-state index contributed by atoms with van der Waals surface area (Å²) in [6.07, 6.45) is 6.30. The van der Waals surface area contributed by atoms with Crippen LogP contribution in [0.2, 0.25) is 0 Å². The average Bonchev–Trinajstić information content (AvgIpc) is 2.73.